The Morgan fingerprint density at radius 3 is 2.05 bits per heavy atom. The van der Waals surface area contributed by atoms with Crippen LogP contribution in [0.3, 0.4) is 0 Å². The number of rotatable bonds is 6. The van der Waals surface area contributed by atoms with Gasteiger partial charge in [-0.15, -0.1) is 0 Å². The minimum absolute atomic E-state index is 0.000217. The molecule has 0 aliphatic carbocycles. The number of methoxy groups -OCH3 is 1. The third-order valence-electron chi connectivity index (χ3n) is 6.48. The molecule has 1 N–H and O–H groups in total. The highest BCUT2D eigenvalue weighted by molar-refractivity contribution is 5.93. The smallest absolute Gasteiger partial charge is 0.289 e. The lowest BCUT2D eigenvalue weighted by atomic mass is 9.87. The molecule has 4 rings (SSSR count). The number of ether oxygens (including phenoxy) is 1. The Bertz CT molecular complexity index is 1040. The standard InChI is InChI=1S/C20H30N2O2.2C6H5F/c1-5-8-17-9-11-21-13-18(17)19(24-4)20(23)22-12-10-15(6-2)16(7-3)14-22;2*7-6-4-2-1-3-5-6/h6-7,17,21H,2-3,5,8-14H2,1,4H3;2*1-5H/b19-18-;;. The van der Waals surface area contributed by atoms with Crippen LogP contribution in [0.25, 0.3) is 0 Å². The van der Waals surface area contributed by atoms with E-state index < -0.39 is 0 Å². The van der Waals surface area contributed by atoms with Crippen LogP contribution in [0.4, 0.5) is 8.78 Å². The van der Waals surface area contributed by atoms with Crippen molar-refractivity contribution in [2.75, 3.05) is 33.3 Å². The second-order valence-corrected chi connectivity index (χ2v) is 9.04. The molecule has 1 unspecified atom stereocenters. The molecule has 1 atom stereocenters. The quantitative estimate of drug-likeness (QED) is 0.333. The third kappa shape index (κ3) is 9.75. The first-order valence-corrected chi connectivity index (χ1v) is 13.1. The Labute approximate surface area is 226 Å². The number of halogens is 2. The molecule has 0 spiro atoms. The van der Waals surface area contributed by atoms with Gasteiger partial charge in [0.05, 0.1) is 7.11 Å². The number of benzene rings is 2. The molecular formula is C32H40F2N2O2. The molecule has 0 radical (unpaired) electrons. The van der Waals surface area contributed by atoms with Gasteiger partial charge in [0.15, 0.2) is 5.76 Å². The van der Waals surface area contributed by atoms with E-state index in [1.54, 1.807) is 43.5 Å². The van der Waals surface area contributed by atoms with Crippen molar-refractivity contribution in [1.29, 1.82) is 0 Å². The highest BCUT2D eigenvalue weighted by atomic mass is 19.1. The van der Waals surface area contributed by atoms with Crippen molar-refractivity contribution in [3.05, 3.63) is 120 Å². The predicted molar refractivity (Wildman–Crippen MR) is 151 cm³/mol. The molecule has 204 valence electrons. The number of carbonyl (C=O) groups is 1. The van der Waals surface area contributed by atoms with Crippen molar-refractivity contribution in [2.24, 2.45) is 5.92 Å². The van der Waals surface area contributed by atoms with Crippen molar-refractivity contribution in [3.8, 4) is 0 Å². The maximum absolute atomic E-state index is 13.1. The van der Waals surface area contributed by atoms with Gasteiger partial charge < -0.3 is 15.0 Å². The van der Waals surface area contributed by atoms with Crippen molar-refractivity contribution >= 4 is 5.91 Å². The van der Waals surface area contributed by atoms with Crippen molar-refractivity contribution in [2.45, 2.75) is 32.6 Å². The normalized spacial score (nSPS) is 18.2. The van der Waals surface area contributed by atoms with Gasteiger partial charge in [0.1, 0.15) is 11.6 Å². The van der Waals surface area contributed by atoms with Crippen LogP contribution in [-0.2, 0) is 9.53 Å². The summed E-state index contributed by atoms with van der Waals surface area (Å²) in [6.07, 6.45) is 7.82. The zero-order valence-corrected chi connectivity index (χ0v) is 22.6. The fourth-order valence-electron chi connectivity index (χ4n) is 4.48. The summed E-state index contributed by atoms with van der Waals surface area (Å²) in [5.41, 5.74) is 3.40. The van der Waals surface area contributed by atoms with Crippen molar-refractivity contribution in [1.82, 2.24) is 10.2 Å². The summed E-state index contributed by atoms with van der Waals surface area (Å²) in [5, 5.41) is 3.38. The predicted octanol–water partition coefficient (Wildman–Crippen LogP) is 6.85. The van der Waals surface area contributed by atoms with Crippen LogP contribution in [-0.4, -0.2) is 44.1 Å². The topological polar surface area (TPSA) is 41.6 Å². The number of nitrogens with one attached hydrogen (secondary N) is 1. The van der Waals surface area contributed by atoms with Gasteiger partial charge in [0.25, 0.3) is 5.91 Å². The van der Waals surface area contributed by atoms with Crippen molar-refractivity contribution < 1.29 is 18.3 Å². The summed E-state index contributed by atoms with van der Waals surface area (Å²) < 4.78 is 29.4. The van der Waals surface area contributed by atoms with E-state index in [-0.39, 0.29) is 17.5 Å². The Balaban J connectivity index is 0.000000291. The van der Waals surface area contributed by atoms with Crippen LogP contribution < -0.4 is 5.32 Å². The van der Waals surface area contributed by atoms with Gasteiger partial charge in [-0.2, -0.15) is 0 Å². The zero-order chi connectivity index (χ0) is 27.8. The number of carbonyl (C=O) groups excluding carboxylic acids is 1. The van der Waals surface area contributed by atoms with Gasteiger partial charge in [-0.3, -0.25) is 4.79 Å². The molecular weight excluding hydrogens is 482 g/mol. The number of nitrogens with zero attached hydrogens (tertiary/aromatic N) is 1. The first-order valence-electron chi connectivity index (χ1n) is 13.1. The van der Waals surface area contributed by atoms with Gasteiger partial charge in [-0.25, -0.2) is 8.78 Å². The molecule has 2 aromatic carbocycles. The molecule has 1 amide bonds. The van der Waals surface area contributed by atoms with E-state index in [1.165, 1.54) is 29.8 Å². The van der Waals surface area contributed by atoms with Gasteiger partial charge in [0.2, 0.25) is 0 Å². The summed E-state index contributed by atoms with van der Waals surface area (Å²) in [4.78, 5) is 14.9. The van der Waals surface area contributed by atoms with Crippen LogP contribution in [0.15, 0.2) is 108 Å². The van der Waals surface area contributed by atoms with Gasteiger partial charge >= 0.3 is 0 Å². The molecule has 2 aliphatic heterocycles. The van der Waals surface area contributed by atoms with Crippen LogP contribution in [0, 0.1) is 17.6 Å². The van der Waals surface area contributed by atoms with Crippen molar-refractivity contribution in [3.63, 3.8) is 0 Å². The molecule has 6 heteroatoms. The van der Waals surface area contributed by atoms with E-state index >= 15 is 0 Å². The molecule has 1 fully saturated rings. The fourth-order valence-corrected chi connectivity index (χ4v) is 4.48. The molecule has 4 nitrogen and oxygen atoms in total. The van der Waals surface area contributed by atoms with E-state index in [9.17, 15) is 13.6 Å². The monoisotopic (exact) mass is 522 g/mol. The number of amides is 1. The Kier molecular flexibility index (Phi) is 13.8. The highest BCUT2D eigenvalue weighted by Gasteiger charge is 2.30. The third-order valence-corrected chi connectivity index (χ3v) is 6.48. The Morgan fingerprint density at radius 1 is 1.03 bits per heavy atom. The lowest BCUT2D eigenvalue weighted by molar-refractivity contribution is -0.130. The lowest BCUT2D eigenvalue weighted by Gasteiger charge is -2.32. The molecule has 2 heterocycles. The maximum Gasteiger partial charge on any atom is 0.289 e. The minimum atomic E-state index is -0.178. The van der Waals surface area contributed by atoms with Crippen LogP contribution in [0.2, 0.25) is 0 Å². The van der Waals surface area contributed by atoms with Crippen LogP contribution in [0.5, 0.6) is 0 Å². The molecule has 2 aliphatic rings. The number of allylic oxidation sites excluding steroid dienone is 1. The molecule has 0 bridgehead atoms. The minimum Gasteiger partial charge on any atom is -0.491 e. The van der Waals surface area contributed by atoms with E-state index in [1.807, 2.05) is 17.1 Å². The van der Waals surface area contributed by atoms with Gasteiger partial charge in [-0.1, -0.05) is 75.1 Å². The summed E-state index contributed by atoms with van der Waals surface area (Å²) in [7, 11) is 1.61. The van der Waals surface area contributed by atoms with E-state index in [0.29, 0.717) is 24.8 Å². The second-order valence-electron chi connectivity index (χ2n) is 9.04. The van der Waals surface area contributed by atoms with Crippen LogP contribution >= 0.6 is 0 Å². The summed E-state index contributed by atoms with van der Waals surface area (Å²) in [6.45, 7) is 12.9. The zero-order valence-electron chi connectivity index (χ0n) is 22.6. The van der Waals surface area contributed by atoms with Crippen LogP contribution in [0.1, 0.15) is 32.6 Å². The van der Waals surface area contributed by atoms with Gasteiger partial charge in [0, 0.05) is 19.6 Å². The molecule has 0 aromatic heterocycles. The second kappa shape index (κ2) is 17.1. The fraction of sp³-hybridized carbons (Fsp3) is 0.344. The molecule has 38 heavy (non-hydrogen) atoms. The van der Waals surface area contributed by atoms with Gasteiger partial charge in [-0.05, 0) is 72.7 Å². The number of hydrogen-bond donors (Lipinski definition) is 1. The highest BCUT2D eigenvalue weighted by Crippen LogP contribution is 2.28. The average molecular weight is 523 g/mol. The summed E-state index contributed by atoms with van der Waals surface area (Å²) in [6, 6.07) is 15.9. The average Bonchev–Trinajstić information content (AvgIpc) is 2.95. The van der Waals surface area contributed by atoms with E-state index in [0.717, 1.165) is 49.9 Å². The van der Waals surface area contributed by atoms with E-state index in [4.69, 9.17) is 4.74 Å². The SMILES string of the molecule is C=CC1=C(C=C)CN(C(=O)/C(OC)=C2\CNCCC2CCC)CC1.Fc1ccccc1.Fc1ccccc1. The Morgan fingerprint density at radius 2 is 1.61 bits per heavy atom. The Hall–Kier alpha value is -3.51. The molecule has 1 saturated heterocycles. The maximum atomic E-state index is 13.1. The summed E-state index contributed by atoms with van der Waals surface area (Å²) in [5.74, 6) is 0.619. The summed E-state index contributed by atoms with van der Waals surface area (Å²) >= 11 is 0. The largest absolute Gasteiger partial charge is 0.491 e. The first-order chi connectivity index (χ1) is 18.4. The lowest BCUT2D eigenvalue weighted by Crippen LogP contribution is -2.40. The first kappa shape index (κ1) is 30.7. The van der Waals surface area contributed by atoms with E-state index in [2.05, 4.69) is 25.4 Å². The number of hydrogen-bond acceptors (Lipinski definition) is 3. The molecule has 0 saturated carbocycles. The number of piperidine rings is 1. The molecule has 2 aromatic rings.